The maximum absolute atomic E-state index is 6.24. The van der Waals surface area contributed by atoms with Gasteiger partial charge in [0.1, 0.15) is 5.82 Å². The van der Waals surface area contributed by atoms with Crippen LogP contribution in [0.15, 0.2) is 6.07 Å². The first-order valence-corrected chi connectivity index (χ1v) is 6.71. The molecule has 18 heavy (non-hydrogen) atoms. The normalized spacial score (nSPS) is 27.6. The molecule has 3 N–H and O–H groups in total. The van der Waals surface area contributed by atoms with Gasteiger partial charge in [-0.15, -0.1) is 0 Å². The number of hydrogen-bond acceptors (Lipinski definition) is 5. The second-order valence-corrected chi connectivity index (χ2v) is 5.51. The fourth-order valence-electron chi connectivity index (χ4n) is 2.86. The van der Waals surface area contributed by atoms with Gasteiger partial charge in [0.15, 0.2) is 0 Å². The van der Waals surface area contributed by atoms with Crippen molar-refractivity contribution in [1.82, 2.24) is 9.97 Å². The molecular weight excluding hydrogens is 226 g/mol. The lowest BCUT2D eigenvalue weighted by Gasteiger charge is -2.17. The van der Waals surface area contributed by atoms with Crippen molar-refractivity contribution in [2.75, 3.05) is 30.4 Å². The molecule has 0 bridgehead atoms. The largest absolute Gasteiger partial charge is 0.373 e. The molecule has 0 aromatic carbocycles. The molecule has 1 aliphatic heterocycles. The van der Waals surface area contributed by atoms with Gasteiger partial charge in [-0.3, -0.25) is 0 Å². The van der Waals surface area contributed by atoms with Gasteiger partial charge < -0.3 is 16.0 Å². The highest BCUT2D eigenvalue weighted by Gasteiger charge is 2.41. The Morgan fingerprint density at radius 3 is 2.78 bits per heavy atom. The topological polar surface area (TPSA) is 67.1 Å². The monoisotopic (exact) mass is 247 g/mol. The molecule has 1 saturated carbocycles. The summed E-state index contributed by atoms with van der Waals surface area (Å²) in [6.45, 7) is 3.90. The van der Waals surface area contributed by atoms with Gasteiger partial charge in [0, 0.05) is 37.9 Å². The minimum atomic E-state index is 0.277. The summed E-state index contributed by atoms with van der Waals surface area (Å²) in [4.78, 5) is 11.3. The molecule has 1 aromatic rings. The minimum absolute atomic E-state index is 0.277. The van der Waals surface area contributed by atoms with E-state index in [9.17, 15) is 0 Å². The van der Waals surface area contributed by atoms with Crippen molar-refractivity contribution in [3.63, 3.8) is 0 Å². The summed E-state index contributed by atoms with van der Waals surface area (Å²) in [7, 11) is 1.88. The summed E-state index contributed by atoms with van der Waals surface area (Å²) in [5.41, 5.74) is 7.24. The zero-order valence-corrected chi connectivity index (χ0v) is 11.1. The lowest BCUT2D eigenvalue weighted by atomic mass is 9.99. The van der Waals surface area contributed by atoms with Crippen LogP contribution in [-0.4, -0.2) is 36.1 Å². The van der Waals surface area contributed by atoms with Crippen LogP contribution in [-0.2, 0) is 0 Å². The van der Waals surface area contributed by atoms with Gasteiger partial charge in [0.2, 0.25) is 5.95 Å². The predicted octanol–water partition coefficient (Wildman–Crippen LogP) is 1.00. The van der Waals surface area contributed by atoms with Gasteiger partial charge in [-0.25, -0.2) is 4.98 Å². The summed E-state index contributed by atoms with van der Waals surface area (Å²) in [5, 5.41) is 3.08. The van der Waals surface area contributed by atoms with Crippen LogP contribution in [0.1, 0.15) is 18.5 Å². The predicted molar refractivity (Wildman–Crippen MR) is 72.7 cm³/mol. The second kappa shape index (κ2) is 4.39. The average molecular weight is 247 g/mol. The van der Waals surface area contributed by atoms with E-state index in [0.29, 0.717) is 5.92 Å². The van der Waals surface area contributed by atoms with Gasteiger partial charge in [-0.2, -0.15) is 4.98 Å². The van der Waals surface area contributed by atoms with Crippen LogP contribution in [0.5, 0.6) is 0 Å². The lowest BCUT2D eigenvalue weighted by Crippen LogP contribution is -2.30. The Kier molecular flexibility index (Phi) is 2.86. The lowest BCUT2D eigenvalue weighted by molar-refractivity contribution is 0.456. The Morgan fingerprint density at radius 2 is 2.11 bits per heavy atom. The molecule has 0 unspecified atom stereocenters. The van der Waals surface area contributed by atoms with Crippen molar-refractivity contribution in [2.24, 2.45) is 17.6 Å². The van der Waals surface area contributed by atoms with Crippen molar-refractivity contribution in [3.05, 3.63) is 11.8 Å². The van der Waals surface area contributed by atoms with E-state index in [-0.39, 0.29) is 6.04 Å². The number of hydrogen-bond donors (Lipinski definition) is 2. The van der Waals surface area contributed by atoms with E-state index in [1.165, 1.54) is 12.8 Å². The maximum Gasteiger partial charge on any atom is 0.227 e. The SMILES string of the molecule is CNc1cc(C)nc(N2C[C@H](C3CC3)[C@@H](N)C2)n1. The molecule has 3 rings (SSSR count). The first kappa shape index (κ1) is 11.7. The molecule has 0 radical (unpaired) electrons. The van der Waals surface area contributed by atoms with Gasteiger partial charge in [-0.1, -0.05) is 0 Å². The number of nitrogens with zero attached hydrogens (tertiary/aromatic N) is 3. The Balaban J connectivity index is 1.80. The van der Waals surface area contributed by atoms with Crippen LogP contribution in [0.3, 0.4) is 0 Å². The third kappa shape index (κ3) is 2.14. The third-order valence-electron chi connectivity index (χ3n) is 4.02. The molecule has 5 nitrogen and oxygen atoms in total. The van der Waals surface area contributed by atoms with Crippen molar-refractivity contribution < 1.29 is 0 Å². The molecule has 2 atom stereocenters. The molecule has 0 spiro atoms. The zero-order valence-electron chi connectivity index (χ0n) is 11.1. The van der Waals surface area contributed by atoms with Crippen molar-refractivity contribution in [3.8, 4) is 0 Å². The van der Waals surface area contributed by atoms with E-state index in [1.807, 2.05) is 20.0 Å². The third-order valence-corrected chi connectivity index (χ3v) is 4.02. The molecule has 2 heterocycles. The average Bonchev–Trinajstić information content (AvgIpc) is 3.12. The van der Waals surface area contributed by atoms with Gasteiger partial charge in [0.05, 0.1) is 0 Å². The summed E-state index contributed by atoms with van der Waals surface area (Å²) >= 11 is 0. The first-order chi connectivity index (χ1) is 8.67. The molecule has 1 saturated heterocycles. The van der Waals surface area contributed by atoms with Crippen LogP contribution in [0.25, 0.3) is 0 Å². The second-order valence-electron chi connectivity index (χ2n) is 5.51. The summed E-state index contributed by atoms with van der Waals surface area (Å²) in [6, 6.07) is 2.23. The number of nitrogens with two attached hydrogens (primary N) is 1. The minimum Gasteiger partial charge on any atom is -0.373 e. The Bertz CT molecular complexity index is 443. The van der Waals surface area contributed by atoms with E-state index in [2.05, 4.69) is 20.2 Å². The van der Waals surface area contributed by atoms with Crippen LogP contribution < -0.4 is 16.0 Å². The number of anilines is 2. The molecule has 2 aliphatic rings. The highest BCUT2D eigenvalue weighted by molar-refractivity contribution is 5.44. The quantitative estimate of drug-likeness (QED) is 0.834. The molecular formula is C13H21N5. The molecule has 98 valence electrons. The summed E-state index contributed by atoms with van der Waals surface area (Å²) < 4.78 is 0. The van der Waals surface area contributed by atoms with Gasteiger partial charge in [-0.05, 0) is 31.6 Å². The van der Waals surface area contributed by atoms with Gasteiger partial charge >= 0.3 is 0 Å². The first-order valence-electron chi connectivity index (χ1n) is 6.71. The standard InChI is InChI=1S/C13H21N5/c1-8-5-12(15-2)17-13(16-8)18-6-10(9-3-4-9)11(14)7-18/h5,9-11H,3-4,6-7,14H2,1-2H3,(H,15,16,17)/t10-,11+/m1/s1. The van der Waals surface area contributed by atoms with E-state index >= 15 is 0 Å². The van der Waals surface area contributed by atoms with E-state index in [0.717, 1.165) is 36.5 Å². The number of aryl methyl sites for hydroxylation is 1. The van der Waals surface area contributed by atoms with Crippen molar-refractivity contribution in [2.45, 2.75) is 25.8 Å². The van der Waals surface area contributed by atoms with Crippen LogP contribution in [0.4, 0.5) is 11.8 Å². The number of aromatic nitrogens is 2. The molecule has 1 aromatic heterocycles. The molecule has 2 fully saturated rings. The number of rotatable bonds is 3. The fraction of sp³-hybridized carbons (Fsp3) is 0.692. The van der Waals surface area contributed by atoms with E-state index in [1.54, 1.807) is 0 Å². The molecule has 5 heteroatoms. The number of nitrogens with one attached hydrogen (secondary N) is 1. The Labute approximate surface area is 108 Å². The van der Waals surface area contributed by atoms with E-state index < -0.39 is 0 Å². The summed E-state index contributed by atoms with van der Waals surface area (Å²) in [6.07, 6.45) is 2.70. The van der Waals surface area contributed by atoms with Crippen LogP contribution >= 0.6 is 0 Å². The Hall–Kier alpha value is -1.36. The van der Waals surface area contributed by atoms with Gasteiger partial charge in [0.25, 0.3) is 0 Å². The Morgan fingerprint density at radius 1 is 1.33 bits per heavy atom. The fourth-order valence-corrected chi connectivity index (χ4v) is 2.86. The van der Waals surface area contributed by atoms with Crippen LogP contribution in [0.2, 0.25) is 0 Å². The van der Waals surface area contributed by atoms with Crippen molar-refractivity contribution >= 4 is 11.8 Å². The zero-order chi connectivity index (χ0) is 12.7. The smallest absolute Gasteiger partial charge is 0.227 e. The maximum atomic E-state index is 6.24. The highest BCUT2D eigenvalue weighted by Crippen LogP contribution is 2.41. The molecule has 0 amide bonds. The highest BCUT2D eigenvalue weighted by atomic mass is 15.3. The molecule has 1 aliphatic carbocycles. The van der Waals surface area contributed by atoms with E-state index in [4.69, 9.17) is 5.73 Å². The summed E-state index contributed by atoms with van der Waals surface area (Å²) in [5.74, 6) is 3.17. The van der Waals surface area contributed by atoms with Crippen molar-refractivity contribution in [1.29, 1.82) is 0 Å². The van der Waals surface area contributed by atoms with Crippen LogP contribution in [0, 0.1) is 18.8 Å².